The van der Waals surface area contributed by atoms with Gasteiger partial charge >= 0.3 is 0 Å². The Morgan fingerprint density at radius 1 is 1.44 bits per heavy atom. The molecule has 0 amide bonds. The minimum atomic E-state index is -0.0577. The molecule has 0 spiro atoms. The van der Waals surface area contributed by atoms with Gasteiger partial charge in [-0.3, -0.25) is 0 Å². The van der Waals surface area contributed by atoms with Crippen molar-refractivity contribution in [2.24, 2.45) is 0 Å². The number of hydrogen-bond donors (Lipinski definition) is 2. The molecule has 0 bridgehead atoms. The van der Waals surface area contributed by atoms with Gasteiger partial charge in [0.1, 0.15) is 11.6 Å². The van der Waals surface area contributed by atoms with Crippen molar-refractivity contribution in [2.75, 3.05) is 0 Å². The van der Waals surface area contributed by atoms with Crippen molar-refractivity contribution >= 4 is 0 Å². The summed E-state index contributed by atoms with van der Waals surface area (Å²) in [7, 11) is 0. The monoisotopic (exact) mass is 216 g/mol. The molecule has 3 rings (SSSR count). The highest BCUT2D eigenvalue weighted by molar-refractivity contribution is 5.38. The van der Waals surface area contributed by atoms with Crippen molar-refractivity contribution in [1.29, 1.82) is 0 Å². The smallest absolute Gasteiger partial charge is 0.160 e. The van der Waals surface area contributed by atoms with Gasteiger partial charge in [-0.1, -0.05) is 18.2 Å². The second kappa shape index (κ2) is 3.64. The Balaban J connectivity index is 1.85. The van der Waals surface area contributed by atoms with E-state index in [9.17, 15) is 0 Å². The van der Waals surface area contributed by atoms with Crippen LogP contribution in [0.25, 0.3) is 0 Å². The van der Waals surface area contributed by atoms with E-state index in [1.807, 2.05) is 18.2 Å². The summed E-state index contributed by atoms with van der Waals surface area (Å²) in [5.74, 6) is 1.70. The van der Waals surface area contributed by atoms with Crippen molar-refractivity contribution in [3.05, 3.63) is 47.5 Å². The molecule has 4 heteroatoms. The second-order valence-corrected chi connectivity index (χ2v) is 3.87. The van der Waals surface area contributed by atoms with Gasteiger partial charge in [0.05, 0.1) is 18.5 Å². The predicted octanol–water partition coefficient (Wildman–Crippen LogP) is 1.58. The molecule has 82 valence electrons. The zero-order valence-corrected chi connectivity index (χ0v) is 8.68. The molecule has 1 unspecified atom stereocenters. The number of hydrogen-bond acceptors (Lipinski definition) is 3. The van der Waals surface area contributed by atoms with Gasteiger partial charge in [-0.05, 0) is 11.6 Å². The van der Waals surface area contributed by atoms with E-state index in [-0.39, 0.29) is 12.7 Å². The molecule has 4 nitrogen and oxygen atoms in total. The number of para-hydroxylation sites is 1. The first kappa shape index (κ1) is 9.42. The summed E-state index contributed by atoms with van der Waals surface area (Å²) >= 11 is 0. The first-order valence-corrected chi connectivity index (χ1v) is 5.26. The molecule has 0 radical (unpaired) electrons. The molecule has 2 heterocycles. The number of imidazole rings is 1. The zero-order chi connectivity index (χ0) is 11.0. The fraction of sp³-hybridized carbons (Fsp3) is 0.250. The molecule has 1 aromatic heterocycles. The summed E-state index contributed by atoms with van der Waals surface area (Å²) < 4.78 is 5.78. The van der Waals surface area contributed by atoms with Crippen molar-refractivity contribution in [1.82, 2.24) is 9.97 Å². The topological polar surface area (TPSA) is 58.1 Å². The first-order valence-electron chi connectivity index (χ1n) is 5.26. The highest BCUT2D eigenvalue weighted by atomic mass is 16.5. The maximum atomic E-state index is 8.96. The third-order valence-corrected chi connectivity index (χ3v) is 2.77. The molecule has 1 aliphatic heterocycles. The highest BCUT2D eigenvalue weighted by Crippen LogP contribution is 2.34. The van der Waals surface area contributed by atoms with Gasteiger partial charge in [-0.25, -0.2) is 4.98 Å². The largest absolute Gasteiger partial charge is 0.482 e. The Morgan fingerprint density at radius 3 is 3.06 bits per heavy atom. The number of rotatable bonds is 2. The van der Waals surface area contributed by atoms with Gasteiger partial charge in [0.25, 0.3) is 0 Å². The summed E-state index contributed by atoms with van der Waals surface area (Å²) in [5.41, 5.74) is 1.92. The molecule has 1 aromatic carbocycles. The van der Waals surface area contributed by atoms with Crippen molar-refractivity contribution in [2.45, 2.75) is 19.1 Å². The molecular formula is C12H12N2O2. The first-order chi connectivity index (χ1) is 7.86. The van der Waals surface area contributed by atoms with Crippen molar-refractivity contribution in [3.63, 3.8) is 0 Å². The lowest BCUT2D eigenvalue weighted by Crippen LogP contribution is -2.05. The molecule has 1 atom stereocenters. The Bertz CT molecular complexity index is 482. The van der Waals surface area contributed by atoms with E-state index in [1.165, 1.54) is 5.56 Å². The fourth-order valence-electron chi connectivity index (χ4n) is 1.96. The van der Waals surface area contributed by atoms with Gasteiger partial charge in [-0.2, -0.15) is 0 Å². The summed E-state index contributed by atoms with van der Waals surface area (Å²) in [6.45, 7) is -0.0212. The average Bonchev–Trinajstić information content (AvgIpc) is 2.95. The third-order valence-electron chi connectivity index (χ3n) is 2.77. The van der Waals surface area contributed by atoms with Crippen LogP contribution in [0.3, 0.4) is 0 Å². The van der Waals surface area contributed by atoms with Crippen LogP contribution in [0.1, 0.15) is 23.2 Å². The van der Waals surface area contributed by atoms with Gasteiger partial charge in [0.15, 0.2) is 6.10 Å². The molecule has 16 heavy (non-hydrogen) atoms. The fourth-order valence-corrected chi connectivity index (χ4v) is 1.96. The number of aromatic nitrogens is 2. The minimum absolute atomic E-state index is 0.0212. The Kier molecular flexibility index (Phi) is 2.15. The molecule has 0 fully saturated rings. The van der Waals surface area contributed by atoms with Crippen LogP contribution >= 0.6 is 0 Å². The lowest BCUT2D eigenvalue weighted by molar-refractivity contribution is 0.227. The molecular weight excluding hydrogens is 204 g/mol. The van der Waals surface area contributed by atoms with E-state index in [0.717, 1.165) is 23.7 Å². The molecule has 2 aromatic rings. The number of aliphatic hydroxyl groups is 1. The highest BCUT2D eigenvalue weighted by Gasteiger charge is 2.25. The van der Waals surface area contributed by atoms with Gasteiger partial charge < -0.3 is 14.8 Å². The minimum Gasteiger partial charge on any atom is -0.482 e. The van der Waals surface area contributed by atoms with E-state index in [1.54, 1.807) is 6.20 Å². The van der Waals surface area contributed by atoms with Gasteiger partial charge in [0, 0.05) is 6.42 Å². The number of ether oxygens (including phenoxy) is 1. The van der Waals surface area contributed by atoms with Crippen molar-refractivity contribution < 1.29 is 9.84 Å². The number of benzene rings is 1. The van der Waals surface area contributed by atoms with Crippen LogP contribution in [0.5, 0.6) is 5.75 Å². The van der Waals surface area contributed by atoms with E-state index in [0.29, 0.717) is 0 Å². The average molecular weight is 216 g/mol. The number of fused-ring (bicyclic) bond motifs is 1. The number of aliphatic hydroxyl groups excluding tert-OH is 1. The lowest BCUT2D eigenvalue weighted by atomic mass is 10.1. The molecule has 1 aliphatic rings. The maximum Gasteiger partial charge on any atom is 0.160 e. The molecule has 2 N–H and O–H groups in total. The summed E-state index contributed by atoms with van der Waals surface area (Å²) in [4.78, 5) is 7.27. The predicted molar refractivity (Wildman–Crippen MR) is 58.0 cm³/mol. The van der Waals surface area contributed by atoms with Crippen LogP contribution in [-0.2, 0) is 13.0 Å². The second-order valence-electron chi connectivity index (χ2n) is 3.87. The number of aromatic amines is 1. The van der Waals surface area contributed by atoms with Crippen LogP contribution in [0.15, 0.2) is 30.5 Å². The van der Waals surface area contributed by atoms with Crippen molar-refractivity contribution in [3.8, 4) is 5.75 Å². The van der Waals surface area contributed by atoms with E-state index in [4.69, 9.17) is 9.84 Å². The Labute approximate surface area is 92.9 Å². The molecule has 0 aliphatic carbocycles. The quantitative estimate of drug-likeness (QED) is 0.801. The summed E-state index contributed by atoms with van der Waals surface area (Å²) in [6, 6.07) is 7.99. The van der Waals surface area contributed by atoms with Crippen LogP contribution < -0.4 is 4.74 Å². The number of nitrogens with zero attached hydrogens (tertiary/aromatic N) is 1. The Hall–Kier alpha value is -1.81. The maximum absolute atomic E-state index is 8.96. The van der Waals surface area contributed by atoms with Crippen LogP contribution in [-0.4, -0.2) is 15.1 Å². The van der Waals surface area contributed by atoms with Gasteiger partial charge in [-0.15, -0.1) is 0 Å². The summed E-state index contributed by atoms with van der Waals surface area (Å²) in [6.07, 6.45) is 2.41. The van der Waals surface area contributed by atoms with Crippen LogP contribution in [0.2, 0.25) is 0 Å². The van der Waals surface area contributed by atoms with E-state index < -0.39 is 0 Å². The Morgan fingerprint density at radius 2 is 2.31 bits per heavy atom. The van der Waals surface area contributed by atoms with E-state index >= 15 is 0 Å². The standard InChI is InChI=1S/C12H12N2O2/c15-7-9-6-13-12(14-9)11-5-8-3-1-2-4-10(8)16-11/h1-4,6,11,15H,5,7H2,(H,13,14). The SMILES string of the molecule is OCc1cnc(C2Cc3ccccc3O2)[nH]1. The van der Waals surface area contributed by atoms with Crippen LogP contribution in [0.4, 0.5) is 0 Å². The normalized spacial score (nSPS) is 18.2. The number of H-pyrrole nitrogens is 1. The summed E-state index contributed by atoms with van der Waals surface area (Å²) in [5, 5.41) is 8.96. The van der Waals surface area contributed by atoms with E-state index in [2.05, 4.69) is 16.0 Å². The van der Waals surface area contributed by atoms with Crippen LogP contribution in [0, 0.1) is 0 Å². The van der Waals surface area contributed by atoms with Gasteiger partial charge in [0.2, 0.25) is 0 Å². The molecule has 0 saturated heterocycles. The molecule has 0 saturated carbocycles. The number of nitrogens with one attached hydrogen (secondary N) is 1. The third kappa shape index (κ3) is 1.47. The lowest BCUT2D eigenvalue weighted by Gasteiger charge is -2.06. The zero-order valence-electron chi connectivity index (χ0n) is 8.68.